The zero-order valence-corrected chi connectivity index (χ0v) is 32.0. The van der Waals surface area contributed by atoms with Crippen LogP contribution >= 0.6 is 0 Å². The van der Waals surface area contributed by atoms with E-state index in [1.165, 1.54) is 83.7 Å². The van der Waals surface area contributed by atoms with Crippen molar-refractivity contribution in [2.45, 2.75) is 64.7 Å². The third kappa shape index (κ3) is 5.20. The number of rotatable bonds is 5. The minimum Gasteiger partial charge on any atom is -0.310 e. The van der Waals surface area contributed by atoms with E-state index >= 15 is 0 Å². The lowest BCUT2D eigenvalue weighted by atomic mass is 9.82. The highest BCUT2D eigenvalue weighted by Crippen LogP contribution is 2.53. The van der Waals surface area contributed by atoms with Crippen molar-refractivity contribution in [1.82, 2.24) is 0 Å². The van der Waals surface area contributed by atoms with E-state index in [4.69, 9.17) is 0 Å². The average Bonchev–Trinajstić information content (AvgIpc) is 3.55. The molecule has 0 spiro atoms. The van der Waals surface area contributed by atoms with Gasteiger partial charge in [-0.2, -0.15) is 0 Å². The first-order valence-electron chi connectivity index (χ1n) is 19.0. The van der Waals surface area contributed by atoms with Crippen molar-refractivity contribution in [1.29, 1.82) is 0 Å². The van der Waals surface area contributed by atoms with Gasteiger partial charge in [0.1, 0.15) is 0 Å². The Hall–Kier alpha value is -5.66. The van der Waals surface area contributed by atoms with E-state index in [9.17, 15) is 0 Å². The van der Waals surface area contributed by atoms with Crippen LogP contribution in [-0.2, 0) is 16.2 Å². The first kappa shape index (κ1) is 33.2. The summed E-state index contributed by atoms with van der Waals surface area (Å²) in [6, 6.07) is 58.9. The molecule has 2 aliphatic rings. The molecule has 0 unspecified atom stereocenters. The first-order chi connectivity index (χ1) is 25.4. The van der Waals surface area contributed by atoms with Crippen molar-refractivity contribution in [2.24, 2.45) is 0 Å². The Labute approximate surface area is 315 Å². The summed E-state index contributed by atoms with van der Waals surface area (Å²) in [7, 11) is 0. The van der Waals surface area contributed by atoms with Crippen LogP contribution in [-0.4, -0.2) is 0 Å². The Morgan fingerprint density at radius 2 is 0.943 bits per heavy atom. The molecule has 0 heterocycles. The van der Waals surface area contributed by atoms with Crippen LogP contribution in [0.4, 0.5) is 17.1 Å². The van der Waals surface area contributed by atoms with Gasteiger partial charge in [-0.15, -0.1) is 0 Å². The van der Waals surface area contributed by atoms with E-state index < -0.39 is 0 Å². The van der Waals surface area contributed by atoms with Crippen LogP contribution in [0.15, 0.2) is 158 Å². The van der Waals surface area contributed by atoms with Gasteiger partial charge in [0, 0.05) is 27.9 Å². The molecule has 9 rings (SSSR count). The molecule has 53 heavy (non-hydrogen) atoms. The number of hydrogen-bond donors (Lipinski definition) is 0. The van der Waals surface area contributed by atoms with Crippen LogP contribution in [0.2, 0.25) is 0 Å². The second-order valence-corrected chi connectivity index (χ2v) is 17.0. The Bertz CT molecular complexity index is 2530. The number of nitrogens with zero attached hydrogens (tertiary/aromatic N) is 1. The van der Waals surface area contributed by atoms with Crippen LogP contribution in [0.1, 0.15) is 76.3 Å². The van der Waals surface area contributed by atoms with E-state index in [1.807, 2.05) is 0 Å². The molecule has 0 bridgehead atoms. The highest BCUT2D eigenvalue weighted by molar-refractivity contribution is 5.93. The lowest BCUT2D eigenvalue weighted by Gasteiger charge is -2.33. The van der Waals surface area contributed by atoms with Gasteiger partial charge in [0.05, 0.1) is 0 Å². The third-order valence-electron chi connectivity index (χ3n) is 12.0. The quantitative estimate of drug-likeness (QED) is 0.174. The average molecular weight is 686 g/mol. The van der Waals surface area contributed by atoms with Gasteiger partial charge in [0.25, 0.3) is 0 Å². The second-order valence-electron chi connectivity index (χ2n) is 17.0. The molecule has 7 aromatic rings. The third-order valence-corrected chi connectivity index (χ3v) is 12.0. The predicted molar refractivity (Wildman–Crippen MR) is 226 cm³/mol. The maximum absolute atomic E-state index is 2.49. The summed E-state index contributed by atoms with van der Waals surface area (Å²) in [5.74, 6) is 0. The Morgan fingerprint density at radius 1 is 0.396 bits per heavy atom. The molecule has 260 valence electrons. The van der Waals surface area contributed by atoms with Gasteiger partial charge in [-0.25, -0.2) is 0 Å². The summed E-state index contributed by atoms with van der Waals surface area (Å²) in [6.07, 6.45) is 0. The summed E-state index contributed by atoms with van der Waals surface area (Å²) in [4.78, 5) is 2.49. The normalized spacial score (nSPS) is 14.6. The lowest BCUT2D eigenvalue weighted by molar-refractivity contribution is 0.591. The fourth-order valence-electron chi connectivity index (χ4n) is 9.19. The molecule has 0 fully saturated rings. The van der Waals surface area contributed by atoms with Crippen molar-refractivity contribution in [2.75, 3.05) is 4.90 Å². The van der Waals surface area contributed by atoms with E-state index in [0.29, 0.717) is 0 Å². The van der Waals surface area contributed by atoms with E-state index in [1.54, 1.807) is 0 Å². The molecule has 0 aliphatic heterocycles. The number of benzene rings is 7. The van der Waals surface area contributed by atoms with Gasteiger partial charge < -0.3 is 4.90 Å². The van der Waals surface area contributed by atoms with Gasteiger partial charge in [-0.1, -0.05) is 170 Å². The van der Waals surface area contributed by atoms with Crippen LogP contribution in [0, 0.1) is 0 Å². The maximum Gasteiger partial charge on any atom is 0.0499 e. The van der Waals surface area contributed by atoms with Crippen LogP contribution in [0.25, 0.3) is 44.5 Å². The zero-order valence-electron chi connectivity index (χ0n) is 32.0. The van der Waals surface area contributed by atoms with Crippen molar-refractivity contribution < 1.29 is 0 Å². The van der Waals surface area contributed by atoms with Gasteiger partial charge >= 0.3 is 0 Å². The molecule has 0 radical (unpaired) electrons. The highest BCUT2D eigenvalue weighted by atomic mass is 15.1. The second kappa shape index (κ2) is 11.9. The van der Waals surface area contributed by atoms with Crippen molar-refractivity contribution >= 4 is 17.1 Å². The van der Waals surface area contributed by atoms with Crippen molar-refractivity contribution in [3.63, 3.8) is 0 Å². The molecule has 2 aliphatic carbocycles. The summed E-state index contributed by atoms with van der Waals surface area (Å²) < 4.78 is 0. The fraction of sp³-hybridized carbons (Fsp3) is 0.192. The summed E-state index contributed by atoms with van der Waals surface area (Å²) in [5.41, 5.74) is 20.6. The van der Waals surface area contributed by atoms with Crippen molar-refractivity contribution in [3.8, 4) is 44.5 Å². The molecule has 0 saturated carbocycles. The van der Waals surface area contributed by atoms with Gasteiger partial charge in [0.2, 0.25) is 0 Å². The van der Waals surface area contributed by atoms with Gasteiger partial charge in [0.15, 0.2) is 0 Å². The Balaban J connectivity index is 1.22. The largest absolute Gasteiger partial charge is 0.310 e. The monoisotopic (exact) mass is 685 g/mol. The minimum absolute atomic E-state index is 0.0328. The molecule has 0 N–H and O–H groups in total. The Morgan fingerprint density at radius 3 is 1.66 bits per heavy atom. The fourth-order valence-corrected chi connectivity index (χ4v) is 9.19. The van der Waals surface area contributed by atoms with Crippen LogP contribution < -0.4 is 4.90 Å². The summed E-state index contributed by atoms with van der Waals surface area (Å²) in [6.45, 7) is 16.4. The molecule has 1 heteroatoms. The molecular formula is C52H47N. The van der Waals surface area contributed by atoms with Gasteiger partial charge in [-0.3, -0.25) is 0 Å². The lowest BCUT2D eigenvalue weighted by Crippen LogP contribution is -2.20. The molecule has 0 atom stereocenters. The smallest absolute Gasteiger partial charge is 0.0499 e. The van der Waals surface area contributed by atoms with E-state index in [2.05, 4.69) is 211 Å². The first-order valence-corrected chi connectivity index (χ1v) is 19.0. The Kier molecular flexibility index (Phi) is 7.48. The minimum atomic E-state index is -0.102. The molecule has 7 aromatic carbocycles. The zero-order chi connectivity index (χ0) is 36.7. The molecular weight excluding hydrogens is 639 g/mol. The summed E-state index contributed by atoms with van der Waals surface area (Å²) in [5, 5.41) is 0. The van der Waals surface area contributed by atoms with E-state index in [-0.39, 0.29) is 16.2 Å². The number of anilines is 3. The van der Waals surface area contributed by atoms with E-state index in [0.717, 1.165) is 5.69 Å². The molecule has 0 saturated heterocycles. The number of fused-ring (bicyclic) bond motifs is 6. The highest BCUT2D eigenvalue weighted by Gasteiger charge is 2.38. The predicted octanol–water partition coefficient (Wildman–Crippen LogP) is 14.4. The molecule has 1 nitrogen and oxygen atoms in total. The standard InChI is InChI=1S/C52H47N/c1-50(2,3)47-32-36(34-16-9-8-10-17-34)26-31-48(47)53(38-29-30-41-40-18-11-13-21-43(40)52(6,7)46(41)33-38)37-27-24-35(25-28-37)39-20-15-23-45-49(39)42-19-12-14-22-44(42)51(45,4)5/h8-33H,1-7H3. The van der Waals surface area contributed by atoms with Crippen LogP contribution in [0.5, 0.6) is 0 Å². The van der Waals surface area contributed by atoms with Gasteiger partial charge in [-0.05, 0) is 114 Å². The SMILES string of the molecule is CC(C)(C)c1cc(-c2ccccc2)ccc1N(c1ccc(-c2cccc3c2-c2ccccc2C3(C)C)cc1)c1ccc2c(c1)C(C)(C)c1ccccc1-2. The number of hydrogen-bond acceptors (Lipinski definition) is 1. The maximum atomic E-state index is 2.49. The van der Waals surface area contributed by atoms with Crippen LogP contribution in [0.3, 0.4) is 0 Å². The summed E-state index contributed by atoms with van der Waals surface area (Å²) >= 11 is 0. The van der Waals surface area contributed by atoms with Crippen molar-refractivity contribution in [3.05, 3.63) is 186 Å². The topological polar surface area (TPSA) is 3.24 Å². The molecule has 0 amide bonds. The molecule has 0 aromatic heterocycles.